The molecule has 4 unspecified atom stereocenters. The van der Waals surface area contributed by atoms with E-state index in [1.165, 1.54) is 30.6 Å². The smallest absolute Gasteiger partial charge is 0.317 e. The van der Waals surface area contributed by atoms with Gasteiger partial charge in [0.2, 0.25) is 0 Å². The lowest BCUT2D eigenvalue weighted by Gasteiger charge is -2.39. The van der Waals surface area contributed by atoms with E-state index in [1.807, 2.05) is 12.2 Å². The minimum atomic E-state index is -4.25. The van der Waals surface area contributed by atoms with Crippen molar-refractivity contribution in [2.75, 3.05) is 9.44 Å². The molecule has 0 bridgehead atoms. The number of aliphatic hydroxyl groups excluding tert-OH is 1. The van der Waals surface area contributed by atoms with Gasteiger partial charge in [0.1, 0.15) is 15.6 Å². The molecular formula is C39H36N4O7S2. The summed E-state index contributed by atoms with van der Waals surface area (Å²) in [5, 5.41) is 13.1. The molecule has 8 rings (SSSR count). The van der Waals surface area contributed by atoms with E-state index in [0.29, 0.717) is 28.5 Å². The lowest BCUT2D eigenvalue weighted by atomic mass is 9.72. The zero-order valence-electron chi connectivity index (χ0n) is 27.9. The number of fused-ring (bicyclic) bond motifs is 3. The van der Waals surface area contributed by atoms with Gasteiger partial charge in [0.15, 0.2) is 0 Å². The summed E-state index contributed by atoms with van der Waals surface area (Å²) in [5.74, 6) is -2.10. The van der Waals surface area contributed by atoms with E-state index >= 15 is 0 Å². The maximum atomic E-state index is 14.0. The molecule has 1 saturated heterocycles. The molecule has 4 atom stereocenters. The average Bonchev–Trinajstić information content (AvgIpc) is 3.95. The van der Waals surface area contributed by atoms with Crippen molar-refractivity contribution in [2.24, 2.45) is 17.8 Å². The Morgan fingerprint density at radius 1 is 0.769 bits per heavy atom. The molecule has 2 aromatic heterocycles. The van der Waals surface area contributed by atoms with Crippen LogP contribution in [-0.4, -0.2) is 44.0 Å². The molecule has 52 heavy (non-hydrogen) atoms. The first kappa shape index (κ1) is 34.0. The van der Waals surface area contributed by atoms with E-state index in [9.17, 15) is 26.7 Å². The highest BCUT2D eigenvalue weighted by Crippen LogP contribution is 2.52. The molecule has 0 radical (unpaired) electrons. The number of esters is 1. The van der Waals surface area contributed by atoms with Crippen molar-refractivity contribution in [3.63, 3.8) is 0 Å². The number of aromatic nitrogens is 2. The molecule has 266 valence electrons. The summed E-state index contributed by atoms with van der Waals surface area (Å²) < 4.78 is 67.2. The Kier molecular flexibility index (Phi) is 8.80. The highest BCUT2D eigenvalue weighted by Gasteiger charge is 2.51. The Labute approximate surface area is 301 Å². The second kappa shape index (κ2) is 13.5. The molecule has 1 saturated carbocycles. The molecule has 3 N–H and O–H groups in total. The van der Waals surface area contributed by atoms with Crippen LogP contribution < -0.4 is 9.44 Å². The van der Waals surface area contributed by atoms with Gasteiger partial charge < -0.3 is 9.84 Å². The van der Waals surface area contributed by atoms with Crippen molar-refractivity contribution < 1.29 is 31.5 Å². The van der Waals surface area contributed by atoms with Gasteiger partial charge in [-0.25, -0.2) is 16.8 Å². The van der Waals surface area contributed by atoms with Crippen LogP contribution in [0, 0.1) is 17.8 Å². The molecule has 3 aliphatic rings. The fraction of sp³-hybridized carbons (Fsp3) is 0.256. The lowest BCUT2D eigenvalue weighted by Crippen LogP contribution is -2.46. The van der Waals surface area contributed by atoms with E-state index in [1.54, 1.807) is 66.7 Å². The summed E-state index contributed by atoms with van der Waals surface area (Å²) >= 11 is 0. The zero-order valence-corrected chi connectivity index (χ0v) is 29.6. The number of sulfonamides is 2. The highest BCUT2D eigenvalue weighted by molar-refractivity contribution is 7.93. The molecule has 0 spiro atoms. The number of nitrogens with zero attached hydrogens (tertiary/aromatic N) is 2. The average molecular weight is 737 g/mol. The SMILES string of the molecule is O=C1OC2=CC=CCCCC2C(O)C1C(c1cc(NS(=O)(=O)c2cccc3cccnc23)cc(NS(=O)(=O)c2cccc3cccnc23)c1)C1CC1. The second-order valence-corrected chi connectivity index (χ2v) is 16.9. The fourth-order valence-electron chi connectivity index (χ4n) is 7.56. The number of hydrogen-bond acceptors (Lipinski definition) is 9. The number of nitrogens with one attached hydrogen (secondary N) is 2. The van der Waals surface area contributed by atoms with Crippen molar-refractivity contribution >= 4 is 59.2 Å². The predicted molar refractivity (Wildman–Crippen MR) is 197 cm³/mol. The molecule has 5 aromatic rings. The van der Waals surface area contributed by atoms with Gasteiger partial charge >= 0.3 is 5.97 Å². The third-order valence-electron chi connectivity index (χ3n) is 10.1. The van der Waals surface area contributed by atoms with Gasteiger partial charge in [-0.1, -0.05) is 48.6 Å². The summed E-state index contributed by atoms with van der Waals surface area (Å²) in [4.78, 5) is 22.3. The van der Waals surface area contributed by atoms with Crippen LogP contribution in [0.1, 0.15) is 43.6 Å². The van der Waals surface area contributed by atoms with Gasteiger partial charge in [0.25, 0.3) is 20.0 Å². The fourth-order valence-corrected chi connectivity index (χ4v) is 10.0. The van der Waals surface area contributed by atoms with Crippen molar-refractivity contribution in [3.8, 4) is 0 Å². The van der Waals surface area contributed by atoms with E-state index in [0.717, 1.165) is 25.7 Å². The van der Waals surface area contributed by atoms with Crippen LogP contribution in [0.5, 0.6) is 0 Å². The number of hydrogen-bond donors (Lipinski definition) is 3. The number of pyridine rings is 2. The van der Waals surface area contributed by atoms with Crippen LogP contribution in [0.4, 0.5) is 11.4 Å². The Morgan fingerprint density at radius 3 is 1.92 bits per heavy atom. The largest absolute Gasteiger partial charge is 0.430 e. The van der Waals surface area contributed by atoms with Crippen LogP contribution >= 0.6 is 0 Å². The van der Waals surface area contributed by atoms with E-state index in [4.69, 9.17) is 4.74 Å². The number of anilines is 2. The lowest BCUT2D eigenvalue weighted by molar-refractivity contribution is -0.160. The molecule has 2 aliphatic carbocycles. The summed E-state index contributed by atoms with van der Waals surface area (Å²) in [6, 6.07) is 21.3. The summed E-state index contributed by atoms with van der Waals surface area (Å²) in [5.41, 5.74) is 1.19. The van der Waals surface area contributed by atoms with E-state index < -0.39 is 49.9 Å². The van der Waals surface area contributed by atoms with Gasteiger partial charge in [-0.3, -0.25) is 24.2 Å². The number of carbonyl (C=O) groups excluding carboxylic acids is 1. The normalized spacial score (nSPS) is 21.4. The van der Waals surface area contributed by atoms with Gasteiger partial charge in [0, 0.05) is 35.0 Å². The summed E-state index contributed by atoms with van der Waals surface area (Å²) in [6.45, 7) is 0. The van der Waals surface area contributed by atoms with Crippen LogP contribution in [0.2, 0.25) is 0 Å². The van der Waals surface area contributed by atoms with Crippen molar-refractivity contribution in [1.82, 2.24) is 9.97 Å². The van der Waals surface area contributed by atoms with Crippen molar-refractivity contribution in [1.29, 1.82) is 0 Å². The Balaban J connectivity index is 1.23. The predicted octanol–water partition coefficient (Wildman–Crippen LogP) is 6.65. The van der Waals surface area contributed by atoms with Crippen LogP contribution in [-0.2, 0) is 29.6 Å². The van der Waals surface area contributed by atoms with E-state index in [2.05, 4.69) is 19.4 Å². The number of rotatable bonds is 9. The molecule has 2 fully saturated rings. The third kappa shape index (κ3) is 6.55. The monoisotopic (exact) mass is 736 g/mol. The van der Waals surface area contributed by atoms with Gasteiger partial charge in [0.05, 0.1) is 34.4 Å². The molecular weight excluding hydrogens is 701 g/mol. The number of ether oxygens (including phenoxy) is 1. The quantitative estimate of drug-likeness (QED) is 0.141. The first-order valence-electron chi connectivity index (χ1n) is 17.2. The number of para-hydroxylation sites is 2. The first-order valence-corrected chi connectivity index (χ1v) is 20.2. The summed E-state index contributed by atoms with van der Waals surface area (Å²) in [6.07, 6.45) is 11.4. The van der Waals surface area contributed by atoms with Gasteiger partial charge in [-0.2, -0.15) is 0 Å². The minimum Gasteiger partial charge on any atom is -0.430 e. The Hall–Kier alpha value is -5.11. The Morgan fingerprint density at radius 2 is 1.35 bits per heavy atom. The topological polar surface area (TPSA) is 165 Å². The van der Waals surface area contributed by atoms with Crippen LogP contribution in [0.3, 0.4) is 0 Å². The standard InChI is InChI=1S/C39H36N4O7S2/c44-38-30-13-3-1-2-4-14-31(30)50-39(45)35(38)34(24-17-18-24)27-21-28(42-51(46,47)32-15-5-9-25-11-7-19-40-36(25)32)23-29(22-27)43-52(48,49)33-16-6-10-26-12-8-20-41-37(26)33/h2,4-12,14-16,19-24,30,34-35,38,42-44H,1,3,13,17-18H2. The maximum Gasteiger partial charge on any atom is 0.317 e. The molecule has 0 amide bonds. The van der Waals surface area contributed by atoms with E-state index in [-0.39, 0.29) is 38.1 Å². The van der Waals surface area contributed by atoms with Crippen LogP contribution in [0.15, 0.2) is 125 Å². The molecule has 3 heterocycles. The first-order chi connectivity index (χ1) is 25.1. The van der Waals surface area contributed by atoms with Crippen molar-refractivity contribution in [2.45, 2.75) is 53.9 Å². The number of aliphatic hydroxyl groups is 1. The molecule has 3 aromatic carbocycles. The summed E-state index contributed by atoms with van der Waals surface area (Å²) in [7, 11) is -8.51. The maximum absolute atomic E-state index is 14.0. The zero-order chi connectivity index (χ0) is 36.0. The third-order valence-corrected chi connectivity index (χ3v) is 12.9. The number of benzene rings is 3. The molecule has 13 heteroatoms. The second-order valence-electron chi connectivity index (χ2n) is 13.6. The molecule has 1 aliphatic heterocycles. The molecule has 11 nitrogen and oxygen atoms in total. The van der Waals surface area contributed by atoms with Gasteiger partial charge in [-0.15, -0.1) is 0 Å². The van der Waals surface area contributed by atoms with Crippen LogP contribution in [0.25, 0.3) is 21.8 Å². The number of carbonyl (C=O) groups is 1. The number of allylic oxidation sites excluding steroid dienone is 3. The van der Waals surface area contributed by atoms with Gasteiger partial charge in [-0.05, 0) is 92.1 Å². The minimum absolute atomic E-state index is 0.0213. The Bertz CT molecular complexity index is 2360. The highest BCUT2D eigenvalue weighted by atomic mass is 32.2. The van der Waals surface area contributed by atoms with Crippen molar-refractivity contribution in [3.05, 3.63) is 121 Å².